The lowest BCUT2D eigenvalue weighted by atomic mass is 9.89. The predicted octanol–water partition coefficient (Wildman–Crippen LogP) is 4.81. The molecule has 29 heavy (non-hydrogen) atoms. The van der Waals surface area contributed by atoms with Crippen LogP contribution in [0.3, 0.4) is 0 Å². The van der Waals surface area contributed by atoms with E-state index < -0.39 is 0 Å². The largest absolute Gasteiger partial charge is 0.373 e. The second-order valence-corrected chi connectivity index (χ2v) is 8.37. The minimum Gasteiger partial charge on any atom is -0.373 e. The summed E-state index contributed by atoms with van der Waals surface area (Å²) in [5.74, 6) is 0.294. The van der Waals surface area contributed by atoms with E-state index in [1.54, 1.807) is 27.8 Å². The van der Waals surface area contributed by atoms with Crippen molar-refractivity contribution in [3.8, 4) is 0 Å². The van der Waals surface area contributed by atoms with E-state index in [1.807, 2.05) is 25.2 Å². The van der Waals surface area contributed by atoms with Crippen LogP contribution in [0.4, 0.5) is 0 Å². The molecule has 1 saturated heterocycles. The summed E-state index contributed by atoms with van der Waals surface area (Å²) in [7, 11) is 1.85. The Morgan fingerprint density at radius 3 is 2.86 bits per heavy atom. The van der Waals surface area contributed by atoms with Crippen LogP contribution in [0.2, 0.25) is 10.0 Å². The zero-order valence-electron chi connectivity index (χ0n) is 16.2. The number of likely N-dealkylation sites (N-methyl/N-ethyl adjacent to an activating group) is 1. The van der Waals surface area contributed by atoms with Gasteiger partial charge in [0.25, 0.3) is 0 Å². The number of fused-ring (bicyclic) bond motifs is 1. The molecule has 0 radical (unpaired) electrons. The molecule has 1 aromatic carbocycles. The van der Waals surface area contributed by atoms with E-state index in [0.717, 1.165) is 19.4 Å². The van der Waals surface area contributed by atoms with Crippen LogP contribution in [0.1, 0.15) is 30.2 Å². The summed E-state index contributed by atoms with van der Waals surface area (Å²) >= 11 is 12.2. The zero-order chi connectivity index (χ0) is 20.4. The Morgan fingerprint density at radius 1 is 1.28 bits per heavy atom. The molecule has 4 rings (SSSR count). The molecule has 1 aliphatic rings. The van der Waals surface area contributed by atoms with E-state index in [0.29, 0.717) is 27.9 Å². The average molecular weight is 432 g/mol. The molecule has 0 bridgehead atoms. The van der Waals surface area contributed by atoms with Crippen molar-refractivity contribution >= 4 is 34.8 Å². The topological polar surface area (TPSA) is 46.8 Å². The Balaban J connectivity index is 1.44. The van der Waals surface area contributed by atoms with Crippen molar-refractivity contribution in [3.63, 3.8) is 0 Å². The molecular weight excluding hydrogens is 409 g/mol. The molecule has 2 unspecified atom stereocenters. The van der Waals surface area contributed by atoms with Crippen molar-refractivity contribution in [1.29, 1.82) is 0 Å². The van der Waals surface area contributed by atoms with Gasteiger partial charge in [-0.15, -0.1) is 0 Å². The van der Waals surface area contributed by atoms with Crippen molar-refractivity contribution in [2.24, 2.45) is 5.92 Å². The van der Waals surface area contributed by atoms with Crippen LogP contribution < -0.4 is 0 Å². The van der Waals surface area contributed by atoms with Gasteiger partial charge in [0, 0.05) is 38.5 Å². The molecule has 1 amide bonds. The van der Waals surface area contributed by atoms with Gasteiger partial charge in [-0.1, -0.05) is 53.5 Å². The SMILES string of the molecule is CN(CC1CCCOC1c1ccccc1)C(=O)Cc1cn2cc(Cl)cc(Cl)c2n1. The van der Waals surface area contributed by atoms with Gasteiger partial charge in [-0.3, -0.25) is 4.79 Å². The van der Waals surface area contributed by atoms with Gasteiger partial charge in [-0.25, -0.2) is 4.98 Å². The van der Waals surface area contributed by atoms with Crippen LogP contribution in [0.5, 0.6) is 0 Å². The Kier molecular flexibility index (Phi) is 6.09. The van der Waals surface area contributed by atoms with Crippen molar-refractivity contribution in [1.82, 2.24) is 14.3 Å². The maximum absolute atomic E-state index is 12.8. The minimum absolute atomic E-state index is 0.0213. The summed E-state index contributed by atoms with van der Waals surface area (Å²) in [6.07, 6.45) is 5.83. The number of carbonyl (C=O) groups excluding carboxylic acids is 1. The monoisotopic (exact) mass is 431 g/mol. The van der Waals surface area contributed by atoms with E-state index in [-0.39, 0.29) is 24.3 Å². The van der Waals surface area contributed by atoms with Gasteiger partial charge in [0.2, 0.25) is 5.91 Å². The molecule has 2 atom stereocenters. The van der Waals surface area contributed by atoms with Gasteiger partial charge in [-0.05, 0) is 24.5 Å². The number of aromatic nitrogens is 2. The van der Waals surface area contributed by atoms with Gasteiger partial charge in [0.15, 0.2) is 5.65 Å². The number of halogens is 2. The lowest BCUT2D eigenvalue weighted by Crippen LogP contribution is -2.37. The number of benzene rings is 1. The van der Waals surface area contributed by atoms with Crippen molar-refractivity contribution in [2.75, 3.05) is 20.2 Å². The second kappa shape index (κ2) is 8.74. The Labute approximate surface area is 180 Å². The summed E-state index contributed by atoms with van der Waals surface area (Å²) in [6, 6.07) is 11.9. The molecular formula is C22H23Cl2N3O2. The van der Waals surface area contributed by atoms with E-state index >= 15 is 0 Å². The molecule has 3 aromatic rings. The summed E-state index contributed by atoms with van der Waals surface area (Å²) in [5.41, 5.74) is 2.45. The van der Waals surface area contributed by atoms with E-state index in [9.17, 15) is 4.79 Å². The molecule has 152 valence electrons. The molecule has 0 spiro atoms. The summed E-state index contributed by atoms with van der Waals surface area (Å²) in [4.78, 5) is 19.1. The number of ether oxygens (including phenoxy) is 1. The number of hydrogen-bond donors (Lipinski definition) is 0. The van der Waals surface area contributed by atoms with Crippen LogP contribution in [0.25, 0.3) is 5.65 Å². The molecule has 0 aliphatic carbocycles. The highest BCUT2D eigenvalue weighted by Crippen LogP contribution is 2.34. The third-order valence-corrected chi connectivity index (χ3v) is 5.85. The third-order valence-electron chi connectivity index (χ3n) is 5.36. The number of amides is 1. The van der Waals surface area contributed by atoms with Crippen molar-refractivity contribution in [3.05, 3.63) is 70.1 Å². The number of carbonyl (C=O) groups is 1. The van der Waals surface area contributed by atoms with Gasteiger partial charge in [0.1, 0.15) is 0 Å². The Bertz CT molecular complexity index is 1010. The standard InChI is InChI=1S/C22H23Cl2N3O2/c1-26(12-16-8-5-9-29-21(16)15-6-3-2-4-7-15)20(28)11-18-14-27-13-17(23)10-19(24)22(27)25-18/h2-4,6-7,10,13-14,16,21H,5,8-9,11-12H2,1H3. The van der Waals surface area contributed by atoms with Crippen LogP contribution >= 0.6 is 23.2 Å². The molecule has 3 heterocycles. The van der Waals surface area contributed by atoms with Crippen molar-refractivity contribution in [2.45, 2.75) is 25.4 Å². The quantitative estimate of drug-likeness (QED) is 0.582. The fourth-order valence-corrected chi connectivity index (χ4v) is 4.47. The zero-order valence-corrected chi connectivity index (χ0v) is 17.7. The first kappa shape index (κ1) is 20.2. The van der Waals surface area contributed by atoms with Gasteiger partial charge in [0.05, 0.1) is 28.3 Å². The van der Waals surface area contributed by atoms with E-state index in [4.69, 9.17) is 27.9 Å². The Morgan fingerprint density at radius 2 is 2.07 bits per heavy atom. The maximum atomic E-state index is 12.8. The first-order chi connectivity index (χ1) is 14.0. The van der Waals surface area contributed by atoms with E-state index in [2.05, 4.69) is 17.1 Å². The molecule has 1 aliphatic heterocycles. The first-order valence-corrected chi connectivity index (χ1v) is 10.5. The molecule has 0 N–H and O–H groups in total. The summed E-state index contributed by atoms with van der Waals surface area (Å²) in [6.45, 7) is 1.41. The number of nitrogens with zero attached hydrogens (tertiary/aromatic N) is 3. The molecule has 2 aromatic heterocycles. The Hall–Kier alpha value is -2.08. The third kappa shape index (κ3) is 4.58. The highest BCUT2D eigenvalue weighted by molar-refractivity contribution is 6.36. The molecule has 0 saturated carbocycles. The maximum Gasteiger partial charge on any atom is 0.228 e. The second-order valence-electron chi connectivity index (χ2n) is 7.52. The average Bonchev–Trinajstić information content (AvgIpc) is 3.11. The highest BCUT2D eigenvalue weighted by Gasteiger charge is 2.29. The normalized spacial score (nSPS) is 19.4. The molecule has 7 heteroatoms. The lowest BCUT2D eigenvalue weighted by molar-refractivity contribution is -0.131. The van der Waals surface area contributed by atoms with Gasteiger partial charge >= 0.3 is 0 Å². The summed E-state index contributed by atoms with van der Waals surface area (Å²) < 4.78 is 7.82. The first-order valence-electron chi connectivity index (χ1n) is 9.74. The fourth-order valence-electron chi connectivity index (χ4n) is 3.95. The molecule has 5 nitrogen and oxygen atoms in total. The number of rotatable bonds is 5. The van der Waals surface area contributed by atoms with Crippen LogP contribution in [-0.4, -0.2) is 40.4 Å². The summed E-state index contributed by atoms with van der Waals surface area (Å²) in [5, 5.41) is 0.994. The number of pyridine rings is 1. The predicted molar refractivity (Wildman–Crippen MR) is 114 cm³/mol. The molecule has 1 fully saturated rings. The fraction of sp³-hybridized carbons (Fsp3) is 0.364. The van der Waals surface area contributed by atoms with Crippen molar-refractivity contribution < 1.29 is 9.53 Å². The van der Waals surface area contributed by atoms with Crippen LogP contribution in [0.15, 0.2) is 48.8 Å². The highest BCUT2D eigenvalue weighted by atomic mass is 35.5. The van der Waals surface area contributed by atoms with Crippen LogP contribution in [0, 0.1) is 5.92 Å². The smallest absolute Gasteiger partial charge is 0.228 e. The van der Waals surface area contributed by atoms with E-state index in [1.165, 1.54) is 5.56 Å². The lowest BCUT2D eigenvalue weighted by Gasteiger charge is -2.34. The van der Waals surface area contributed by atoms with Gasteiger partial charge < -0.3 is 14.0 Å². The minimum atomic E-state index is 0.0213. The van der Waals surface area contributed by atoms with Crippen LogP contribution in [-0.2, 0) is 16.0 Å². The number of hydrogen-bond acceptors (Lipinski definition) is 3. The number of imidazole rings is 1. The van der Waals surface area contributed by atoms with Gasteiger partial charge in [-0.2, -0.15) is 0 Å².